The van der Waals surface area contributed by atoms with Crippen LogP contribution < -0.4 is 19.5 Å². The van der Waals surface area contributed by atoms with Crippen molar-refractivity contribution in [3.63, 3.8) is 0 Å². The summed E-state index contributed by atoms with van der Waals surface area (Å²) in [5.41, 5.74) is 1.28. The first kappa shape index (κ1) is 22.2. The van der Waals surface area contributed by atoms with Crippen LogP contribution in [-0.4, -0.2) is 44.1 Å². The number of hydrogen-bond donors (Lipinski definition) is 1. The highest BCUT2D eigenvalue weighted by atomic mass is 32.1. The maximum atomic E-state index is 13.6. The summed E-state index contributed by atoms with van der Waals surface area (Å²) in [6, 6.07) is 7.15. The molecular weight excluding hydrogens is 428 g/mol. The maximum Gasteiger partial charge on any atom is 0.278 e. The second-order valence-electron chi connectivity index (χ2n) is 7.89. The minimum atomic E-state index is -0.279. The Morgan fingerprint density at radius 3 is 2.12 bits per heavy atom. The lowest BCUT2D eigenvalue weighted by Crippen LogP contribution is -2.41. The summed E-state index contributed by atoms with van der Waals surface area (Å²) >= 11 is 1.45. The molecule has 1 aromatic heterocycles. The lowest BCUT2D eigenvalue weighted by molar-refractivity contribution is -0.139. The number of carbonyl (C=O) groups excluding carboxylic acids is 2. The van der Waals surface area contributed by atoms with Gasteiger partial charge in [0.15, 0.2) is 11.5 Å². The Hall–Kier alpha value is -3.00. The highest BCUT2D eigenvalue weighted by Gasteiger charge is 2.43. The van der Waals surface area contributed by atoms with E-state index in [9.17, 15) is 9.59 Å². The van der Waals surface area contributed by atoms with Crippen LogP contribution in [0, 0.1) is 0 Å². The molecule has 7 nitrogen and oxygen atoms in total. The number of benzene rings is 1. The number of nitrogens with one attached hydrogen (secondary N) is 1. The van der Waals surface area contributed by atoms with Crippen LogP contribution in [0.15, 0.2) is 35.3 Å². The molecule has 1 aliphatic heterocycles. The van der Waals surface area contributed by atoms with Crippen LogP contribution in [0.3, 0.4) is 0 Å². The molecule has 1 fully saturated rings. The van der Waals surface area contributed by atoms with Crippen molar-refractivity contribution in [2.75, 3.05) is 26.6 Å². The van der Waals surface area contributed by atoms with Gasteiger partial charge in [0.2, 0.25) is 5.75 Å². The smallest absolute Gasteiger partial charge is 0.278 e. The van der Waals surface area contributed by atoms with Crippen molar-refractivity contribution in [3.05, 3.63) is 40.2 Å². The van der Waals surface area contributed by atoms with Gasteiger partial charge >= 0.3 is 0 Å². The van der Waals surface area contributed by atoms with Gasteiger partial charge in [-0.3, -0.25) is 14.5 Å². The van der Waals surface area contributed by atoms with Gasteiger partial charge in [0.1, 0.15) is 5.70 Å². The Morgan fingerprint density at radius 2 is 1.59 bits per heavy atom. The summed E-state index contributed by atoms with van der Waals surface area (Å²) in [4.78, 5) is 29.3. The molecule has 0 spiro atoms. The predicted molar refractivity (Wildman–Crippen MR) is 124 cm³/mol. The van der Waals surface area contributed by atoms with Crippen molar-refractivity contribution < 1.29 is 23.8 Å². The molecule has 1 aliphatic carbocycles. The van der Waals surface area contributed by atoms with E-state index < -0.39 is 0 Å². The summed E-state index contributed by atoms with van der Waals surface area (Å²) in [5.74, 6) is 0.885. The fourth-order valence-corrected chi connectivity index (χ4v) is 5.23. The van der Waals surface area contributed by atoms with Crippen LogP contribution in [0.5, 0.6) is 17.2 Å². The molecule has 170 valence electrons. The molecule has 0 saturated heterocycles. The number of thiophene rings is 1. The standard InChI is InChI=1S/C24H28N2O5S/c1-29-17-13-15(14-18(30-2)22(17)31-3)25-21-20(19-11-8-12-32-19)23(27)26(24(21)28)16-9-6-4-5-7-10-16/h8,11-14,16,25H,4-7,9-10H2,1-3H3. The third-order valence-electron chi connectivity index (χ3n) is 6.01. The van der Waals surface area contributed by atoms with E-state index in [-0.39, 0.29) is 23.6 Å². The van der Waals surface area contributed by atoms with E-state index in [2.05, 4.69) is 5.32 Å². The predicted octanol–water partition coefficient (Wildman–Crippen LogP) is 4.69. The van der Waals surface area contributed by atoms with Crippen LogP contribution in [0.2, 0.25) is 0 Å². The molecule has 4 rings (SSSR count). The summed E-state index contributed by atoms with van der Waals surface area (Å²) in [7, 11) is 4.61. The molecular formula is C24H28N2O5S. The van der Waals surface area contributed by atoms with Gasteiger partial charge < -0.3 is 19.5 Å². The van der Waals surface area contributed by atoms with Crippen LogP contribution in [0.1, 0.15) is 43.4 Å². The quantitative estimate of drug-likeness (QED) is 0.481. The van der Waals surface area contributed by atoms with Crippen LogP contribution in [0.25, 0.3) is 5.57 Å². The second kappa shape index (κ2) is 9.65. The Labute approximate surface area is 192 Å². The Morgan fingerprint density at radius 1 is 0.938 bits per heavy atom. The summed E-state index contributed by atoms with van der Waals surface area (Å²) < 4.78 is 16.3. The molecule has 8 heteroatoms. The van der Waals surface area contributed by atoms with E-state index in [0.29, 0.717) is 28.5 Å². The van der Waals surface area contributed by atoms with Gasteiger partial charge in [0, 0.05) is 28.7 Å². The number of imide groups is 1. The minimum absolute atomic E-state index is 0.0632. The molecule has 0 atom stereocenters. The van der Waals surface area contributed by atoms with Gasteiger partial charge in [-0.2, -0.15) is 0 Å². The highest BCUT2D eigenvalue weighted by Crippen LogP contribution is 2.42. The molecule has 0 bridgehead atoms. The monoisotopic (exact) mass is 456 g/mol. The first-order valence-electron chi connectivity index (χ1n) is 10.8. The number of rotatable bonds is 7. The van der Waals surface area contributed by atoms with Crippen molar-refractivity contribution in [1.29, 1.82) is 0 Å². The van der Waals surface area contributed by atoms with Gasteiger partial charge in [-0.25, -0.2) is 0 Å². The molecule has 2 aliphatic rings. The zero-order valence-electron chi connectivity index (χ0n) is 18.6. The van der Waals surface area contributed by atoms with Gasteiger partial charge in [0.25, 0.3) is 11.8 Å². The molecule has 0 unspecified atom stereocenters. The second-order valence-corrected chi connectivity index (χ2v) is 8.84. The van der Waals surface area contributed by atoms with E-state index >= 15 is 0 Å². The zero-order valence-corrected chi connectivity index (χ0v) is 19.4. The molecule has 1 N–H and O–H groups in total. The number of methoxy groups -OCH3 is 3. The average molecular weight is 457 g/mol. The number of ether oxygens (including phenoxy) is 3. The van der Waals surface area contributed by atoms with Gasteiger partial charge in [0.05, 0.1) is 26.9 Å². The maximum absolute atomic E-state index is 13.6. The van der Waals surface area contributed by atoms with E-state index in [1.54, 1.807) is 12.1 Å². The lowest BCUT2D eigenvalue weighted by atomic mass is 10.1. The normalized spacial score (nSPS) is 17.5. The average Bonchev–Trinajstić information content (AvgIpc) is 3.30. The van der Waals surface area contributed by atoms with Crippen molar-refractivity contribution in [1.82, 2.24) is 4.90 Å². The molecule has 0 radical (unpaired) electrons. The van der Waals surface area contributed by atoms with Crippen LogP contribution in [-0.2, 0) is 9.59 Å². The summed E-state index contributed by atoms with van der Waals surface area (Å²) in [6.07, 6.45) is 6.07. The van der Waals surface area contributed by atoms with E-state index in [4.69, 9.17) is 14.2 Å². The number of amides is 2. The molecule has 1 saturated carbocycles. The number of nitrogens with zero attached hydrogens (tertiary/aromatic N) is 1. The lowest BCUT2D eigenvalue weighted by Gasteiger charge is -2.25. The van der Waals surface area contributed by atoms with E-state index in [1.165, 1.54) is 37.6 Å². The Balaban J connectivity index is 1.74. The first-order valence-corrected chi connectivity index (χ1v) is 11.7. The van der Waals surface area contributed by atoms with E-state index in [1.807, 2.05) is 17.5 Å². The molecule has 32 heavy (non-hydrogen) atoms. The molecule has 2 amide bonds. The largest absolute Gasteiger partial charge is 0.493 e. The van der Waals surface area contributed by atoms with Crippen LogP contribution >= 0.6 is 11.3 Å². The number of anilines is 1. The minimum Gasteiger partial charge on any atom is -0.493 e. The van der Waals surface area contributed by atoms with Gasteiger partial charge in [-0.05, 0) is 24.3 Å². The Kier molecular flexibility index (Phi) is 6.69. The molecule has 2 heterocycles. The van der Waals surface area contributed by atoms with Crippen LogP contribution in [0.4, 0.5) is 5.69 Å². The fraction of sp³-hybridized carbons (Fsp3) is 0.417. The first-order chi connectivity index (χ1) is 15.6. The van der Waals surface area contributed by atoms with Crippen molar-refractivity contribution >= 4 is 34.4 Å². The van der Waals surface area contributed by atoms with E-state index in [0.717, 1.165) is 43.4 Å². The van der Waals surface area contributed by atoms with Gasteiger partial charge in [-0.1, -0.05) is 31.7 Å². The Bertz CT molecular complexity index is 998. The number of hydrogen-bond acceptors (Lipinski definition) is 7. The van der Waals surface area contributed by atoms with Gasteiger partial charge in [-0.15, -0.1) is 11.3 Å². The SMILES string of the molecule is COc1cc(NC2=C(c3cccs3)C(=O)N(C3CCCCCC3)C2=O)cc(OC)c1OC. The topological polar surface area (TPSA) is 77.1 Å². The third kappa shape index (κ3) is 4.07. The van der Waals surface area contributed by atoms with Crippen molar-refractivity contribution in [2.24, 2.45) is 0 Å². The fourth-order valence-electron chi connectivity index (χ4n) is 4.46. The van der Waals surface area contributed by atoms with Crippen molar-refractivity contribution in [3.8, 4) is 17.2 Å². The molecule has 1 aromatic carbocycles. The van der Waals surface area contributed by atoms with Crippen molar-refractivity contribution in [2.45, 2.75) is 44.6 Å². The zero-order chi connectivity index (χ0) is 22.7. The highest BCUT2D eigenvalue weighted by molar-refractivity contribution is 7.11. The third-order valence-corrected chi connectivity index (χ3v) is 6.89. The number of carbonyl (C=O) groups is 2. The molecule has 2 aromatic rings. The summed E-state index contributed by atoms with van der Waals surface area (Å²) in [5, 5.41) is 5.11. The summed E-state index contributed by atoms with van der Waals surface area (Å²) in [6.45, 7) is 0.